The number of anilines is 1. The van der Waals surface area contributed by atoms with Gasteiger partial charge in [-0.3, -0.25) is 4.90 Å². The van der Waals surface area contributed by atoms with Crippen molar-refractivity contribution >= 4 is 17.7 Å². The average Bonchev–Trinajstić information content (AvgIpc) is 3.03. The minimum atomic E-state index is -0.963. The third kappa shape index (κ3) is 2.73. The minimum Gasteiger partial charge on any atom is -0.478 e. The summed E-state index contributed by atoms with van der Waals surface area (Å²) >= 11 is 0. The maximum absolute atomic E-state index is 12.4. The predicted molar refractivity (Wildman–Crippen MR) is 79.8 cm³/mol. The van der Waals surface area contributed by atoms with Crippen molar-refractivity contribution in [1.29, 1.82) is 0 Å². The van der Waals surface area contributed by atoms with Gasteiger partial charge in [-0.15, -0.1) is 0 Å². The molecule has 0 spiro atoms. The second kappa shape index (κ2) is 5.39. The summed E-state index contributed by atoms with van der Waals surface area (Å²) in [5.41, 5.74) is 2.00. The third-order valence-electron chi connectivity index (χ3n) is 4.36. The second-order valence-corrected chi connectivity index (χ2v) is 5.89. The lowest BCUT2D eigenvalue weighted by atomic mass is 10.1. The predicted octanol–water partition coefficient (Wildman–Crippen LogP) is 2.65. The molecule has 0 saturated heterocycles. The Kier molecular flexibility index (Phi) is 3.57. The second-order valence-electron chi connectivity index (χ2n) is 5.89. The number of hydrogen-bond donors (Lipinski definition) is 2. The number of nitrogens with one attached hydrogen (secondary N) is 1. The number of hydrogen-bond acceptors (Lipinski definition) is 2. The molecule has 5 nitrogen and oxygen atoms in total. The molecule has 2 unspecified atom stereocenters. The Morgan fingerprint density at radius 1 is 1.43 bits per heavy atom. The molecule has 1 heterocycles. The molecule has 0 bridgehead atoms. The number of fused-ring (bicyclic) bond motifs is 1. The summed E-state index contributed by atoms with van der Waals surface area (Å²) in [6, 6.07) is 5.20. The minimum absolute atomic E-state index is 0.0973. The molecule has 1 fully saturated rings. The zero-order valence-electron chi connectivity index (χ0n) is 12.1. The molecule has 2 atom stereocenters. The number of benzene rings is 1. The molecule has 1 aliphatic heterocycles. The van der Waals surface area contributed by atoms with E-state index in [4.69, 9.17) is 5.11 Å². The summed E-state index contributed by atoms with van der Waals surface area (Å²) in [5, 5.41) is 12.1. The molecule has 1 aromatic carbocycles. The monoisotopic (exact) mass is 288 g/mol. The Labute approximate surface area is 123 Å². The van der Waals surface area contributed by atoms with Gasteiger partial charge in [-0.2, -0.15) is 0 Å². The number of nitrogens with zero attached hydrogens (tertiary/aromatic N) is 1. The van der Waals surface area contributed by atoms with E-state index in [1.165, 1.54) is 0 Å². The highest BCUT2D eigenvalue weighted by atomic mass is 16.4. The van der Waals surface area contributed by atoms with Crippen LogP contribution in [0.2, 0.25) is 0 Å². The van der Waals surface area contributed by atoms with Crippen LogP contribution in [0.25, 0.3) is 0 Å². The number of amides is 2. The van der Waals surface area contributed by atoms with Crippen molar-refractivity contribution in [3.05, 3.63) is 29.3 Å². The standard InChI is InChI=1S/C16H20N2O3/c1-2-3-11-8-13(11)17-16(21)18-7-6-10-4-5-12(15(19)20)9-14(10)18/h4-5,9,11,13H,2-3,6-8H2,1H3,(H,17,21)(H,19,20). The van der Waals surface area contributed by atoms with E-state index in [0.29, 0.717) is 18.5 Å². The van der Waals surface area contributed by atoms with Crippen LogP contribution in [0.3, 0.4) is 0 Å². The van der Waals surface area contributed by atoms with E-state index in [9.17, 15) is 9.59 Å². The van der Waals surface area contributed by atoms with E-state index in [0.717, 1.165) is 36.9 Å². The van der Waals surface area contributed by atoms with Gasteiger partial charge in [0.15, 0.2) is 0 Å². The Balaban J connectivity index is 1.70. The van der Waals surface area contributed by atoms with Gasteiger partial charge in [0.2, 0.25) is 0 Å². The van der Waals surface area contributed by atoms with Crippen molar-refractivity contribution in [3.8, 4) is 0 Å². The molecule has 1 saturated carbocycles. The van der Waals surface area contributed by atoms with Crippen molar-refractivity contribution in [1.82, 2.24) is 5.32 Å². The van der Waals surface area contributed by atoms with Crippen LogP contribution < -0.4 is 10.2 Å². The molecule has 1 aliphatic carbocycles. The molecule has 1 aromatic rings. The summed E-state index contributed by atoms with van der Waals surface area (Å²) < 4.78 is 0. The van der Waals surface area contributed by atoms with E-state index in [1.54, 1.807) is 17.0 Å². The lowest BCUT2D eigenvalue weighted by Gasteiger charge is -2.18. The van der Waals surface area contributed by atoms with Crippen LogP contribution >= 0.6 is 0 Å². The number of carboxylic acid groups (broad SMARTS) is 1. The molecule has 2 amide bonds. The summed E-state index contributed by atoms with van der Waals surface area (Å²) in [4.78, 5) is 25.1. The number of carbonyl (C=O) groups excluding carboxylic acids is 1. The van der Waals surface area contributed by atoms with Gasteiger partial charge >= 0.3 is 12.0 Å². The molecule has 112 valence electrons. The Morgan fingerprint density at radius 3 is 2.95 bits per heavy atom. The van der Waals surface area contributed by atoms with Crippen LogP contribution in [0.1, 0.15) is 42.1 Å². The maximum atomic E-state index is 12.4. The van der Waals surface area contributed by atoms with Gasteiger partial charge < -0.3 is 10.4 Å². The molecular formula is C16H20N2O3. The quantitative estimate of drug-likeness (QED) is 0.895. The number of aromatic carboxylic acids is 1. The fraction of sp³-hybridized carbons (Fsp3) is 0.500. The van der Waals surface area contributed by atoms with Crippen molar-refractivity contribution in [2.75, 3.05) is 11.4 Å². The highest BCUT2D eigenvalue weighted by molar-refractivity contribution is 5.97. The van der Waals surface area contributed by atoms with Gasteiger partial charge in [-0.25, -0.2) is 9.59 Å². The number of rotatable bonds is 4. The van der Waals surface area contributed by atoms with Gasteiger partial charge in [-0.05, 0) is 42.9 Å². The Morgan fingerprint density at radius 2 is 2.24 bits per heavy atom. The fourth-order valence-corrected chi connectivity index (χ4v) is 3.07. The van der Waals surface area contributed by atoms with Crippen LogP contribution in [0.5, 0.6) is 0 Å². The molecule has 2 N–H and O–H groups in total. The molecule has 2 aliphatic rings. The van der Waals surface area contributed by atoms with Gasteiger partial charge in [-0.1, -0.05) is 19.4 Å². The number of carbonyl (C=O) groups is 2. The first kappa shape index (κ1) is 13.9. The van der Waals surface area contributed by atoms with Crippen molar-refractivity contribution in [3.63, 3.8) is 0 Å². The number of urea groups is 1. The van der Waals surface area contributed by atoms with Crippen LogP contribution in [0.4, 0.5) is 10.5 Å². The number of carboxylic acids is 1. The van der Waals surface area contributed by atoms with Gasteiger partial charge in [0.25, 0.3) is 0 Å². The van der Waals surface area contributed by atoms with E-state index in [1.807, 2.05) is 6.07 Å². The molecule has 21 heavy (non-hydrogen) atoms. The molecule has 0 aromatic heterocycles. The first-order valence-corrected chi connectivity index (χ1v) is 7.54. The SMILES string of the molecule is CCCC1CC1NC(=O)N1CCc2ccc(C(=O)O)cc21. The first-order valence-electron chi connectivity index (χ1n) is 7.54. The third-order valence-corrected chi connectivity index (χ3v) is 4.36. The topological polar surface area (TPSA) is 69.6 Å². The van der Waals surface area contributed by atoms with Crippen LogP contribution in [0, 0.1) is 5.92 Å². The van der Waals surface area contributed by atoms with Crippen LogP contribution in [-0.4, -0.2) is 29.7 Å². The molecule has 5 heteroatoms. The fourth-order valence-electron chi connectivity index (χ4n) is 3.07. The zero-order valence-corrected chi connectivity index (χ0v) is 12.1. The summed E-state index contributed by atoms with van der Waals surface area (Å²) in [7, 11) is 0. The summed E-state index contributed by atoms with van der Waals surface area (Å²) in [6.45, 7) is 2.77. The average molecular weight is 288 g/mol. The maximum Gasteiger partial charge on any atom is 0.335 e. The van der Waals surface area contributed by atoms with E-state index >= 15 is 0 Å². The molecule has 0 radical (unpaired) electrons. The molecular weight excluding hydrogens is 268 g/mol. The van der Waals surface area contributed by atoms with Crippen LogP contribution in [0.15, 0.2) is 18.2 Å². The highest BCUT2D eigenvalue weighted by Gasteiger charge is 2.38. The lowest BCUT2D eigenvalue weighted by molar-refractivity contribution is 0.0697. The van der Waals surface area contributed by atoms with E-state index in [-0.39, 0.29) is 11.6 Å². The van der Waals surface area contributed by atoms with Crippen molar-refractivity contribution in [2.45, 2.75) is 38.6 Å². The van der Waals surface area contributed by atoms with E-state index < -0.39 is 5.97 Å². The highest BCUT2D eigenvalue weighted by Crippen LogP contribution is 2.35. The normalized spacial score (nSPS) is 22.8. The zero-order chi connectivity index (χ0) is 15.0. The lowest BCUT2D eigenvalue weighted by Crippen LogP contribution is -2.40. The smallest absolute Gasteiger partial charge is 0.335 e. The van der Waals surface area contributed by atoms with Gasteiger partial charge in [0, 0.05) is 18.3 Å². The van der Waals surface area contributed by atoms with Crippen molar-refractivity contribution < 1.29 is 14.7 Å². The Bertz CT molecular complexity index is 585. The van der Waals surface area contributed by atoms with E-state index in [2.05, 4.69) is 12.2 Å². The van der Waals surface area contributed by atoms with Gasteiger partial charge in [0.05, 0.1) is 5.56 Å². The van der Waals surface area contributed by atoms with Crippen LogP contribution in [-0.2, 0) is 6.42 Å². The summed E-state index contributed by atoms with van der Waals surface area (Å²) in [6.07, 6.45) is 4.15. The molecule has 3 rings (SSSR count). The first-order chi connectivity index (χ1) is 10.1. The van der Waals surface area contributed by atoms with Gasteiger partial charge in [0.1, 0.15) is 0 Å². The largest absolute Gasteiger partial charge is 0.478 e. The summed E-state index contributed by atoms with van der Waals surface area (Å²) in [5.74, 6) is -0.346. The Hall–Kier alpha value is -2.04. The van der Waals surface area contributed by atoms with Crippen molar-refractivity contribution in [2.24, 2.45) is 5.92 Å².